The van der Waals surface area contributed by atoms with Gasteiger partial charge in [0.25, 0.3) is 0 Å². The summed E-state index contributed by atoms with van der Waals surface area (Å²) >= 11 is 1.24. The molecule has 2 N–H and O–H groups in total. The SMILES string of the molecule is CCCCCCCSc1ccc(CCC2(CO)COC(C)(C)OC(=O)N2)cc1C(F)(F)F. The highest BCUT2D eigenvalue weighted by Crippen LogP contribution is 2.38. The number of carbonyl (C=O) groups is 1. The average molecular weight is 478 g/mol. The molecule has 1 aromatic rings. The molecular formula is C23H34F3NO4S. The number of aliphatic hydroxyl groups excluding tert-OH is 1. The summed E-state index contributed by atoms with van der Waals surface area (Å²) in [6.45, 7) is 4.85. The van der Waals surface area contributed by atoms with Gasteiger partial charge in [-0.25, -0.2) is 4.79 Å². The molecule has 0 aliphatic carbocycles. The fourth-order valence-corrected chi connectivity index (χ4v) is 4.56. The van der Waals surface area contributed by atoms with Crippen molar-refractivity contribution in [2.75, 3.05) is 19.0 Å². The maximum atomic E-state index is 13.7. The standard InChI is InChI=1S/C23H34F3NO4S/c1-4-5-6-7-8-13-32-19-10-9-17(14-18(19)23(24,25)26)11-12-22(15-28)16-30-21(2,3)31-20(29)27-22/h9-10,14,28H,4-8,11-13,15-16H2,1-3H3,(H,27,29). The highest BCUT2D eigenvalue weighted by atomic mass is 32.2. The molecule has 1 aromatic carbocycles. The largest absolute Gasteiger partial charge is 0.418 e. The number of carbonyl (C=O) groups excluding carboxylic acids is 1. The molecule has 0 spiro atoms. The molecule has 182 valence electrons. The topological polar surface area (TPSA) is 67.8 Å². The van der Waals surface area contributed by atoms with Crippen molar-refractivity contribution in [2.45, 2.75) is 88.1 Å². The number of thioether (sulfide) groups is 1. The monoisotopic (exact) mass is 477 g/mol. The number of hydrogen-bond acceptors (Lipinski definition) is 5. The maximum Gasteiger partial charge on any atom is 0.417 e. The molecule has 32 heavy (non-hydrogen) atoms. The summed E-state index contributed by atoms with van der Waals surface area (Å²) in [5.41, 5.74) is -1.29. The molecule has 5 nitrogen and oxygen atoms in total. The number of hydrogen-bond donors (Lipinski definition) is 2. The van der Waals surface area contributed by atoms with E-state index in [1.54, 1.807) is 19.9 Å². The molecule has 1 atom stereocenters. The average Bonchev–Trinajstić information content (AvgIpc) is 2.83. The molecule has 1 unspecified atom stereocenters. The highest BCUT2D eigenvalue weighted by molar-refractivity contribution is 7.99. The van der Waals surface area contributed by atoms with E-state index in [1.165, 1.54) is 23.9 Å². The molecule has 0 radical (unpaired) electrons. The van der Waals surface area contributed by atoms with Crippen molar-refractivity contribution in [3.63, 3.8) is 0 Å². The van der Waals surface area contributed by atoms with Crippen LogP contribution in [0, 0.1) is 0 Å². The van der Waals surface area contributed by atoms with E-state index in [1.807, 2.05) is 0 Å². The lowest BCUT2D eigenvalue weighted by atomic mass is 9.92. The molecule has 2 rings (SSSR count). The van der Waals surface area contributed by atoms with Crippen molar-refractivity contribution in [1.82, 2.24) is 5.32 Å². The summed E-state index contributed by atoms with van der Waals surface area (Å²) in [5.74, 6) is -0.501. The van der Waals surface area contributed by atoms with Crippen molar-refractivity contribution in [2.24, 2.45) is 0 Å². The first kappa shape index (κ1) is 26.8. The second-order valence-electron chi connectivity index (χ2n) is 8.73. The van der Waals surface area contributed by atoms with E-state index in [4.69, 9.17) is 9.47 Å². The fourth-order valence-electron chi connectivity index (χ4n) is 3.49. The Balaban J connectivity index is 2.07. The first-order valence-corrected chi connectivity index (χ1v) is 12.1. The van der Waals surface area contributed by atoms with Crippen LogP contribution in [0.15, 0.2) is 23.1 Å². The van der Waals surface area contributed by atoms with Crippen molar-refractivity contribution < 1.29 is 32.5 Å². The Morgan fingerprint density at radius 2 is 1.91 bits per heavy atom. The van der Waals surface area contributed by atoms with E-state index in [0.29, 0.717) is 11.3 Å². The number of halogens is 3. The second kappa shape index (κ2) is 11.6. The quantitative estimate of drug-likeness (QED) is 0.306. The summed E-state index contributed by atoms with van der Waals surface area (Å²) in [5, 5.41) is 12.5. The van der Waals surface area contributed by atoms with Crippen LogP contribution < -0.4 is 5.32 Å². The van der Waals surface area contributed by atoms with Crippen LogP contribution in [0.2, 0.25) is 0 Å². The number of benzene rings is 1. The first-order valence-electron chi connectivity index (χ1n) is 11.1. The number of ether oxygens (including phenoxy) is 2. The number of alkyl carbamates (subject to hydrolysis) is 1. The zero-order valence-corrected chi connectivity index (χ0v) is 19.8. The summed E-state index contributed by atoms with van der Waals surface area (Å²) in [7, 11) is 0. The van der Waals surface area contributed by atoms with E-state index in [2.05, 4.69) is 12.2 Å². The molecule has 1 fully saturated rings. The molecule has 1 amide bonds. The zero-order chi connectivity index (χ0) is 23.8. The van der Waals surface area contributed by atoms with Crippen molar-refractivity contribution >= 4 is 17.9 Å². The molecule has 9 heteroatoms. The molecular weight excluding hydrogens is 443 g/mol. The minimum Gasteiger partial charge on any atom is -0.418 e. The summed E-state index contributed by atoms with van der Waals surface area (Å²) in [6.07, 6.45) is 0.555. The number of aryl methyl sites for hydroxylation is 1. The van der Waals surface area contributed by atoms with Gasteiger partial charge in [-0.15, -0.1) is 11.8 Å². The van der Waals surface area contributed by atoms with Crippen LogP contribution in [-0.2, 0) is 22.1 Å². The minimum absolute atomic E-state index is 0.0136. The van der Waals surface area contributed by atoms with E-state index in [0.717, 1.165) is 32.1 Å². The Morgan fingerprint density at radius 1 is 1.19 bits per heavy atom. The second-order valence-corrected chi connectivity index (χ2v) is 9.87. The molecule has 1 saturated heterocycles. The van der Waals surface area contributed by atoms with Gasteiger partial charge in [0.05, 0.1) is 24.3 Å². The third-order valence-electron chi connectivity index (χ3n) is 5.45. The third-order valence-corrected chi connectivity index (χ3v) is 6.61. The Bertz CT molecular complexity index is 757. The predicted molar refractivity (Wildman–Crippen MR) is 119 cm³/mol. The van der Waals surface area contributed by atoms with Crippen LogP contribution in [0.5, 0.6) is 0 Å². The van der Waals surface area contributed by atoms with Gasteiger partial charge in [-0.3, -0.25) is 0 Å². The van der Waals surface area contributed by atoms with Crippen molar-refractivity contribution in [3.8, 4) is 0 Å². The van der Waals surface area contributed by atoms with Gasteiger partial charge < -0.3 is 19.9 Å². The Kier molecular flexibility index (Phi) is 9.72. The van der Waals surface area contributed by atoms with Gasteiger partial charge in [0.2, 0.25) is 5.79 Å². The normalized spacial score (nSPS) is 21.0. The zero-order valence-electron chi connectivity index (χ0n) is 19.0. The number of cyclic esters (lactones) is 1. The van der Waals surface area contributed by atoms with E-state index in [9.17, 15) is 23.1 Å². The van der Waals surface area contributed by atoms with Crippen LogP contribution in [-0.4, -0.2) is 41.5 Å². The van der Waals surface area contributed by atoms with E-state index < -0.39 is 35.8 Å². The minimum atomic E-state index is -4.45. The van der Waals surface area contributed by atoms with E-state index >= 15 is 0 Å². The van der Waals surface area contributed by atoms with Crippen LogP contribution in [0.4, 0.5) is 18.0 Å². The molecule has 0 saturated carbocycles. The molecule has 0 bridgehead atoms. The van der Waals surface area contributed by atoms with Crippen molar-refractivity contribution in [3.05, 3.63) is 29.3 Å². The van der Waals surface area contributed by atoms with Gasteiger partial charge in [0.15, 0.2) is 0 Å². The number of alkyl halides is 3. The number of amides is 1. The maximum absolute atomic E-state index is 13.7. The van der Waals surface area contributed by atoms with Crippen molar-refractivity contribution in [1.29, 1.82) is 0 Å². The highest BCUT2D eigenvalue weighted by Gasteiger charge is 2.40. The smallest absolute Gasteiger partial charge is 0.417 e. The molecule has 1 heterocycles. The van der Waals surface area contributed by atoms with Gasteiger partial charge >= 0.3 is 12.3 Å². The van der Waals surface area contributed by atoms with E-state index in [-0.39, 0.29) is 24.3 Å². The lowest BCUT2D eigenvalue weighted by molar-refractivity contribution is -0.173. The van der Waals surface area contributed by atoms with Gasteiger partial charge in [-0.05, 0) is 42.7 Å². The van der Waals surface area contributed by atoms with Gasteiger partial charge in [0, 0.05) is 18.7 Å². The third kappa shape index (κ3) is 8.15. The summed E-state index contributed by atoms with van der Waals surface area (Å²) in [6, 6.07) is 4.37. The van der Waals surface area contributed by atoms with Crippen LogP contribution in [0.25, 0.3) is 0 Å². The van der Waals surface area contributed by atoms with Gasteiger partial charge in [-0.1, -0.05) is 38.7 Å². The van der Waals surface area contributed by atoms with Crippen LogP contribution in [0.3, 0.4) is 0 Å². The molecule has 1 aliphatic heterocycles. The van der Waals surface area contributed by atoms with Gasteiger partial charge in [0.1, 0.15) is 0 Å². The molecule has 0 aromatic heterocycles. The van der Waals surface area contributed by atoms with Gasteiger partial charge in [-0.2, -0.15) is 13.2 Å². The number of rotatable bonds is 11. The predicted octanol–water partition coefficient (Wildman–Crippen LogP) is 5.92. The Hall–Kier alpha value is -1.45. The number of nitrogens with one attached hydrogen (secondary N) is 1. The van der Waals surface area contributed by atoms with Crippen LogP contribution in [0.1, 0.15) is 70.4 Å². The number of aliphatic hydroxyl groups is 1. The fraction of sp³-hybridized carbons (Fsp3) is 0.696. The summed E-state index contributed by atoms with van der Waals surface area (Å²) in [4.78, 5) is 12.3. The van der Waals surface area contributed by atoms with Crippen LogP contribution >= 0.6 is 11.8 Å². The Morgan fingerprint density at radius 3 is 2.56 bits per heavy atom. The molecule has 1 aliphatic rings. The lowest BCUT2D eigenvalue weighted by Crippen LogP contribution is -2.53. The number of unbranched alkanes of at least 4 members (excludes halogenated alkanes) is 4. The first-order chi connectivity index (χ1) is 15.0. The Labute approximate surface area is 192 Å². The summed E-state index contributed by atoms with van der Waals surface area (Å²) < 4.78 is 51.8. The lowest BCUT2D eigenvalue weighted by Gasteiger charge is -2.30.